The van der Waals surface area contributed by atoms with Gasteiger partial charge >= 0.3 is 0 Å². The van der Waals surface area contributed by atoms with Crippen molar-refractivity contribution in [3.8, 4) is 44.5 Å². The highest BCUT2D eigenvalue weighted by molar-refractivity contribution is 6.23. The van der Waals surface area contributed by atoms with Crippen molar-refractivity contribution in [3.63, 3.8) is 0 Å². The molecule has 0 aliphatic carbocycles. The van der Waals surface area contributed by atoms with Crippen LogP contribution in [0.1, 0.15) is 17.8 Å². The van der Waals surface area contributed by atoms with Gasteiger partial charge in [0.05, 0.1) is 17.8 Å². The van der Waals surface area contributed by atoms with E-state index in [0.29, 0.717) is 5.56 Å². The topological polar surface area (TPSA) is 0 Å². The first-order chi connectivity index (χ1) is 28.3. The zero-order chi connectivity index (χ0) is 41.8. The highest BCUT2D eigenvalue weighted by atomic mass is 14.2. The van der Waals surface area contributed by atoms with Gasteiger partial charge in [0, 0.05) is 0 Å². The van der Waals surface area contributed by atoms with Crippen molar-refractivity contribution in [1.82, 2.24) is 0 Å². The molecule has 0 heterocycles. The first kappa shape index (κ1) is 16.4. The lowest BCUT2D eigenvalue weighted by molar-refractivity contribution is 1.62. The van der Waals surface area contributed by atoms with Gasteiger partial charge < -0.3 is 0 Å². The monoisotopic (exact) mass is 595 g/mol. The van der Waals surface area contributed by atoms with Crippen LogP contribution in [0.3, 0.4) is 0 Å². The summed E-state index contributed by atoms with van der Waals surface area (Å²) in [6.07, 6.45) is 0. The van der Waals surface area contributed by atoms with Crippen LogP contribution < -0.4 is 0 Å². The third-order valence-electron chi connectivity index (χ3n) is 8.58. The zero-order valence-electron chi connectivity index (χ0n) is 37.3. The van der Waals surface area contributed by atoms with E-state index in [-0.39, 0.29) is 32.7 Å². The van der Waals surface area contributed by atoms with Crippen molar-refractivity contribution in [2.45, 2.75) is 0 Å². The van der Waals surface area contributed by atoms with Crippen molar-refractivity contribution in [3.05, 3.63) is 182 Å². The van der Waals surface area contributed by atoms with Crippen LogP contribution in [0, 0.1) is 0 Å². The third-order valence-corrected chi connectivity index (χ3v) is 8.58. The van der Waals surface area contributed by atoms with Gasteiger partial charge in [-0.05, 0) is 87.6 Å². The van der Waals surface area contributed by atoms with Gasteiger partial charge in [-0.3, -0.25) is 0 Å². The molecule has 0 bridgehead atoms. The summed E-state index contributed by atoms with van der Waals surface area (Å²) in [5.74, 6) is 0. The van der Waals surface area contributed by atoms with Crippen LogP contribution in [-0.4, -0.2) is 0 Å². The summed E-state index contributed by atoms with van der Waals surface area (Å²) in [7, 11) is 0. The molecule has 0 heteroatoms. The summed E-state index contributed by atoms with van der Waals surface area (Å²) in [5, 5.41) is 3.46. The summed E-state index contributed by atoms with van der Waals surface area (Å²) in [5.41, 5.74) is 3.49. The van der Waals surface area contributed by atoms with Gasteiger partial charge in [0.1, 0.15) is 0 Å². The maximum absolute atomic E-state index is 9.28. The van der Waals surface area contributed by atoms with Gasteiger partial charge in [0.15, 0.2) is 0 Å². The highest BCUT2D eigenvalue weighted by Crippen LogP contribution is 2.46. The lowest BCUT2D eigenvalue weighted by Gasteiger charge is -2.20. The summed E-state index contributed by atoms with van der Waals surface area (Å²) in [6, 6.07) is 25.5. The summed E-state index contributed by atoms with van der Waals surface area (Å²) in [4.78, 5) is 0. The van der Waals surface area contributed by atoms with Crippen LogP contribution in [-0.2, 0) is 0 Å². The minimum absolute atomic E-state index is 0.0864. The Morgan fingerprint density at radius 2 is 0.587 bits per heavy atom. The third kappa shape index (κ3) is 4.15. The molecule has 0 aliphatic heterocycles. The molecule has 9 rings (SSSR count). The molecule has 0 aliphatic rings. The van der Waals surface area contributed by atoms with Gasteiger partial charge in [-0.25, -0.2) is 0 Å². The fraction of sp³-hybridized carbons (Fsp3) is 0. The Kier molecular flexibility index (Phi) is 3.87. The van der Waals surface area contributed by atoms with Crippen molar-refractivity contribution in [2.75, 3.05) is 0 Å². The number of rotatable bonds is 4. The van der Waals surface area contributed by atoms with Crippen LogP contribution >= 0.6 is 0 Å². The average molecular weight is 596 g/mol. The Morgan fingerprint density at radius 1 is 0.239 bits per heavy atom. The first-order valence-corrected chi connectivity index (χ1v) is 14.9. The van der Waals surface area contributed by atoms with Crippen LogP contribution in [0.15, 0.2) is 182 Å². The van der Waals surface area contributed by atoms with Crippen molar-refractivity contribution in [1.29, 1.82) is 0 Å². The lowest BCUT2D eigenvalue weighted by atomic mass is 9.83. The van der Waals surface area contributed by atoms with Crippen molar-refractivity contribution in [2.24, 2.45) is 0 Å². The first-order valence-electron chi connectivity index (χ1n) is 21.4. The molecule has 0 atom stereocenters. The maximum atomic E-state index is 9.28. The van der Waals surface area contributed by atoms with E-state index in [1.165, 1.54) is 0 Å². The number of benzene rings is 9. The Bertz CT molecular complexity index is 3180. The maximum Gasteiger partial charge on any atom is 0.0629 e. The summed E-state index contributed by atoms with van der Waals surface area (Å²) in [6.45, 7) is 0. The molecule has 0 radical (unpaired) electrons. The summed E-state index contributed by atoms with van der Waals surface area (Å²) >= 11 is 0. The minimum Gasteiger partial charge on any atom is -0.0622 e. The smallest absolute Gasteiger partial charge is 0.0622 e. The molecular weight excluding hydrogens is 553 g/mol. The summed E-state index contributed by atoms with van der Waals surface area (Å²) < 4.78 is 115. The second-order valence-electron chi connectivity index (χ2n) is 11.0. The molecule has 9 aromatic rings. The van der Waals surface area contributed by atoms with Crippen molar-refractivity contribution < 1.29 is 17.8 Å². The standard InChI is InChI=1S/C46H30/c1-3-15-31(16-4-1)43-39-23-11-13-25-41(39)44(42-26-14-12-24-40(42)43)33-27-29-34(30-28-33)46-38-22-10-8-20-36(38)35-19-7-9-21-37(35)45(46)32-17-5-2-6-18-32/h1-30H/i1D,3D,4D,11D,12D,13D,14D,15D,16D,23D,24D,25D,26D. The molecule has 0 saturated heterocycles. The number of fused-ring (bicyclic) bond motifs is 5. The quantitative estimate of drug-likeness (QED) is 0.140. The van der Waals surface area contributed by atoms with E-state index in [2.05, 4.69) is 36.4 Å². The second-order valence-corrected chi connectivity index (χ2v) is 11.0. The lowest BCUT2D eigenvalue weighted by Crippen LogP contribution is -1.92. The largest absolute Gasteiger partial charge is 0.0629 e. The molecule has 0 fully saturated rings. The van der Waals surface area contributed by atoms with Gasteiger partial charge in [-0.15, -0.1) is 0 Å². The Morgan fingerprint density at radius 3 is 1.07 bits per heavy atom. The van der Waals surface area contributed by atoms with Crippen LogP contribution in [0.2, 0.25) is 0 Å². The molecule has 0 nitrogen and oxygen atoms in total. The Labute approximate surface area is 287 Å². The predicted octanol–water partition coefficient (Wildman–Crippen LogP) is 13.0. The zero-order valence-corrected chi connectivity index (χ0v) is 24.3. The molecule has 0 N–H and O–H groups in total. The van der Waals surface area contributed by atoms with Crippen LogP contribution in [0.4, 0.5) is 0 Å². The average Bonchev–Trinajstić information content (AvgIpc) is 3.26. The molecule has 0 unspecified atom stereocenters. The number of hydrogen-bond acceptors (Lipinski definition) is 0. The van der Waals surface area contributed by atoms with Gasteiger partial charge in [-0.2, -0.15) is 0 Å². The molecule has 0 spiro atoms. The van der Waals surface area contributed by atoms with E-state index >= 15 is 0 Å². The molecule has 0 amide bonds. The van der Waals surface area contributed by atoms with Crippen LogP contribution in [0.5, 0.6) is 0 Å². The molecule has 0 saturated carbocycles. The minimum atomic E-state index is -0.709. The van der Waals surface area contributed by atoms with Crippen LogP contribution in [0.25, 0.3) is 87.6 Å². The van der Waals surface area contributed by atoms with Gasteiger partial charge in [-0.1, -0.05) is 182 Å². The predicted molar refractivity (Wildman–Crippen MR) is 198 cm³/mol. The molecular formula is C46H30. The Hall–Kier alpha value is -5.98. The van der Waals surface area contributed by atoms with E-state index in [1.54, 1.807) is 12.1 Å². The molecule has 46 heavy (non-hydrogen) atoms. The van der Waals surface area contributed by atoms with E-state index < -0.39 is 84.1 Å². The Balaban J connectivity index is 1.45. The van der Waals surface area contributed by atoms with E-state index in [1.807, 2.05) is 54.6 Å². The van der Waals surface area contributed by atoms with Gasteiger partial charge in [0.2, 0.25) is 0 Å². The SMILES string of the molecule is [2H]c1c([2H])c([2H])c(-c2c3c([2H])c([2H])c([2H])c([2H])c3c(-c3ccc(-c4c(-c5ccccc5)c5ccccc5c5ccccc45)cc3)c3c([2H])c([2H])c([2H])c([2H])c23)c([2H])c1[2H]. The normalized spacial score (nSPS) is 15.4. The fourth-order valence-corrected chi connectivity index (χ4v) is 6.69. The van der Waals surface area contributed by atoms with Gasteiger partial charge in [0.25, 0.3) is 0 Å². The van der Waals surface area contributed by atoms with Crippen molar-refractivity contribution >= 4 is 43.1 Å². The van der Waals surface area contributed by atoms with E-state index in [4.69, 9.17) is 12.3 Å². The number of hydrogen-bond donors (Lipinski definition) is 0. The van der Waals surface area contributed by atoms with E-state index in [9.17, 15) is 5.48 Å². The van der Waals surface area contributed by atoms with E-state index in [0.717, 1.165) is 43.8 Å². The fourth-order valence-electron chi connectivity index (χ4n) is 6.69. The molecule has 9 aromatic carbocycles. The highest BCUT2D eigenvalue weighted by Gasteiger charge is 2.19. The second kappa shape index (κ2) is 10.9. The molecule has 214 valence electrons. The molecule has 0 aromatic heterocycles.